The van der Waals surface area contributed by atoms with Crippen molar-refractivity contribution >= 4 is 44.2 Å². The molecule has 1 saturated heterocycles. The molecule has 0 saturated carbocycles. The van der Waals surface area contributed by atoms with Crippen molar-refractivity contribution in [3.8, 4) is 16.9 Å². The van der Waals surface area contributed by atoms with E-state index in [1.165, 1.54) is 24.4 Å². The maximum absolute atomic E-state index is 13.1. The number of aromatic nitrogens is 2. The molecule has 10 heteroatoms. The molecule has 2 aromatic heterocycles. The number of aromatic amines is 1. The minimum absolute atomic E-state index is 0.205. The zero-order chi connectivity index (χ0) is 24.0. The number of fused-ring (bicyclic) bond motifs is 1. The highest BCUT2D eigenvalue weighted by molar-refractivity contribution is 9.10. The molecular formula is C24H19BrN4O5. The number of hydrogen-bond acceptors (Lipinski definition) is 7. The predicted octanol–water partition coefficient (Wildman–Crippen LogP) is 2.13. The molecule has 1 amide bonds. The number of hydrogen-bond donors (Lipinski definition) is 1. The number of anilines is 1. The van der Waals surface area contributed by atoms with Crippen molar-refractivity contribution < 1.29 is 14.3 Å². The Balaban J connectivity index is 1.35. The average molecular weight is 523 g/mol. The largest absolute Gasteiger partial charge is 0.494 e. The number of piperazine rings is 1. The minimum Gasteiger partial charge on any atom is -0.494 e. The summed E-state index contributed by atoms with van der Waals surface area (Å²) < 4.78 is 5.83. The fraction of sp³-hybridized carbons (Fsp3) is 0.208. The van der Waals surface area contributed by atoms with Crippen LogP contribution in [0, 0.1) is 0 Å². The van der Waals surface area contributed by atoms with Gasteiger partial charge in [0.1, 0.15) is 16.0 Å². The number of ketones is 1. The normalized spacial score (nSPS) is 14.1. The lowest BCUT2D eigenvalue weighted by atomic mass is 9.97. The molecular weight excluding hydrogens is 504 g/mol. The van der Waals surface area contributed by atoms with Gasteiger partial charge in [-0.3, -0.25) is 19.2 Å². The van der Waals surface area contributed by atoms with Crippen LogP contribution in [0.4, 0.5) is 5.69 Å². The molecule has 172 valence electrons. The van der Waals surface area contributed by atoms with Crippen molar-refractivity contribution in [2.24, 2.45) is 0 Å². The number of halogens is 1. The van der Waals surface area contributed by atoms with E-state index in [9.17, 15) is 19.2 Å². The molecule has 1 aliphatic heterocycles. The van der Waals surface area contributed by atoms with Crippen molar-refractivity contribution in [3.63, 3.8) is 0 Å². The molecule has 0 radical (unpaired) electrons. The number of Topliss-reactive ketones (excluding diaryl/α,β-unsaturated/α-hetero) is 1. The highest BCUT2D eigenvalue weighted by Crippen LogP contribution is 2.33. The maximum atomic E-state index is 13.1. The zero-order valence-electron chi connectivity index (χ0n) is 18.1. The third-order valence-electron chi connectivity index (χ3n) is 6.12. The van der Waals surface area contributed by atoms with E-state index in [0.29, 0.717) is 51.2 Å². The number of methoxy groups -OCH3 is 1. The summed E-state index contributed by atoms with van der Waals surface area (Å²) in [6.07, 6.45) is 2.96. The Hall–Kier alpha value is -3.79. The van der Waals surface area contributed by atoms with Crippen molar-refractivity contribution in [2.75, 3.05) is 38.2 Å². The molecule has 0 unspecified atom stereocenters. The van der Waals surface area contributed by atoms with Gasteiger partial charge in [-0.25, -0.2) is 4.98 Å². The third-order valence-corrected chi connectivity index (χ3v) is 6.72. The Morgan fingerprint density at radius 3 is 2.44 bits per heavy atom. The van der Waals surface area contributed by atoms with Crippen LogP contribution in [0.2, 0.25) is 0 Å². The van der Waals surface area contributed by atoms with E-state index in [1.54, 1.807) is 12.1 Å². The average Bonchev–Trinajstić information content (AvgIpc) is 3.33. The Labute approximate surface area is 201 Å². The Kier molecular flexibility index (Phi) is 5.52. The SMILES string of the molecule is COc1cnc(Br)c2[nH]cc(C(=O)C(=O)N3CCN(c4c(-c5ccccc5)c(=O)c4=O)CC3)c12. The molecule has 5 rings (SSSR count). The molecule has 9 nitrogen and oxygen atoms in total. The van der Waals surface area contributed by atoms with Crippen LogP contribution < -0.4 is 20.5 Å². The van der Waals surface area contributed by atoms with Crippen LogP contribution in [-0.4, -0.2) is 59.8 Å². The molecule has 34 heavy (non-hydrogen) atoms. The van der Waals surface area contributed by atoms with Crippen molar-refractivity contribution in [1.82, 2.24) is 14.9 Å². The Morgan fingerprint density at radius 1 is 1.06 bits per heavy atom. The maximum Gasteiger partial charge on any atom is 0.295 e. The number of nitrogens with one attached hydrogen (secondary N) is 1. The van der Waals surface area contributed by atoms with E-state index in [0.717, 1.165) is 0 Å². The van der Waals surface area contributed by atoms with Crippen LogP contribution in [0.25, 0.3) is 22.0 Å². The van der Waals surface area contributed by atoms with Crippen LogP contribution in [-0.2, 0) is 4.79 Å². The quantitative estimate of drug-likeness (QED) is 0.242. The first kappa shape index (κ1) is 22.0. The topological polar surface area (TPSA) is 113 Å². The number of carbonyl (C=O) groups excluding carboxylic acids is 2. The highest BCUT2D eigenvalue weighted by atomic mass is 79.9. The Morgan fingerprint density at radius 2 is 1.76 bits per heavy atom. The van der Waals surface area contributed by atoms with Crippen LogP contribution in [0.5, 0.6) is 5.75 Å². The van der Waals surface area contributed by atoms with E-state index in [-0.39, 0.29) is 18.7 Å². The van der Waals surface area contributed by atoms with Gasteiger partial charge < -0.3 is 19.5 Å². The van der Waals surface area contributed by atoms with Crippen LogP contribution in [0.1, 0.15) is 10.4 Å². The third kappa shape index (κ3) is 3.41. The van der Waals surface area contributed by atoms with Gasteiger partial charge in [0, 0.05) is 32.4 Å². The smallest absolute Gasteiger partial charge is 0.295 e. The minimum atomic E-state index is -0.657. The van der Waals surface area contributed by atoms with Gasteiger partial charge in [0.2, 0.25) is 10.9 Å². The molecule has 0 bridgehead atoms. The summed E-state index contributed by atoms with van der Waals surface area (Å²) in [5, 5.41) is 0.484. The second-order valence-corrected chi connectivity index (χ2v) is 8.68. The van der Waals surface area contributed by atoms with Crippen molar-refractivity contribution in [2.45, 2.75) is 0 Å². The second-order valence-electron chi connectivity index (χ2n) is 7.93. The van der Waals surface area contributed by atoms with Gasteiger partial charge in [-0.15, -0.1) is 0 Å². The van der Waals surface area contributed by atoms with Crippen molar-refractivity contribution in [3.05, 3.63) is 73.3 Å². The molecule has 1 fully saturated rings. The molecule has 2 aromatic carbocycles. The number of ether oxygens (including phenoxy) is 1. The van der Waals surface area contributed by atoms with E-state index >= 15 is 0 Å². The number of rotatable bonds is 5. The van der Waals surface area contributed by atoms with Gasteiger partial charge in [-0.2, -0.15) is 0 Å². The zero-order valence-corrected chi connectivity index (χ0v) is 19.7. The fourth-order valence-electron chi connectivity index (χ4n) is 4.37. The molecule has 1 N–H and O–H groups in total. The fourth-order valence-corrected chi connectivity index (χ4v) is 4.78. The standard InChI is InChI=1S/C24H19BrN4O5/c1-34-15-12-27-23(25)18-17(15)14(11-26-18)20(30)24(33)29-9-7-28(8-10-29)19-16(21(31)22(19)32)13-5-3-2-4-6-13/h2-6,11-12,26H,7-10H2,1H3. The summed E-state index contributed by atoms with van der Waals surface area (Å²) in [6.45, 7) is 1.19. The van der Waals surface area contributed by atoms with Crippen LogP contribution in [0.3, 0.4) is 0 Å². The molecule has 4 aromatic rings. The lowest BCUT2D eigenvalue weighted by Gasteiger charge is -2.36. The Bertz CT molecular complexity index is 1500. The molecule has 0 spiro atoms. The molecule has 1 aliphatic rings. The van der Waals surface area contributed by atoms with E-state index < -0.39 is 22.5 Å². The van der Waals surface area contributed by atoms with Crippen LogP contribution in [0.15, 0.2) is 56.9 Å². The van der Waals surface area contributed by atoms with Crippen molar-refractivity contribution in [1.29, 1.82) is 0 Å². The van der Waals surface area contributed by atoms with Gasteiger partial charge in [0.15, 0.2) is 0 Å². The lowest BCUT2D eigenvalue weighted by Crippen LogP contribution is -2.54. The van der Waals surface area contributed by atoms with E-state index in [4.69, 9.17) is 4.74 Å². The number of H-pyrrole nitrogens is 1. The first-order chi connectivity index (χ1) is 16.4. The predicted molar refractivity (Wildman–Crippen MR) is 130 cm³/mol. The molecule has 0 aliphatic carbocycles. The summed E-state index contributed by atoms with van der Waals surface area (Å²) in [5.74, 6) is -0.909. The monoisotopic (exact) mass is 522 g/mol. The molecule has 3 heterocycles. The van der Waals surface area contributed by atoms with Gasteiger partial charge in [-0.05, 0) is 21.5 Å². The number of amides is 1. The highest BCUT2D eigenvalue weighted by Gasteiger charge is 2.33. The number of benzene rings is 1. The first-order valence-electron chi connectivity index (χ1n) is 10.6. The lowest BCUT2D eigenvalue weighted by molar-refractivity contribution is -0.126. The summed E-state index contributed by atoms with van der Waals surface area (Å²) in [4.78, 5) is 61.1. The van der Waals surface area contributed by atoms with E-state index in [2.05, 4.69) is 25.9 Å². The number of carbonyl (C=O) groups is 2. The summed E-state index contributed by atoms with van der Waals surface area (Å²) in [7, 11) is 1.47. The number of nitrogens with zero attached hydrogens (tertiary/aromatic N) is 3. The van der Waals surface area contributed by atoms with Gasteiger partial charge in [0.25, 0.3) is 11.7 Å². The summed E-state index contributed by atoms with van der Waals surface area (Å²) >= 11 is 3.33. The summed E-state index contributed by atoms with van der Waals surface area (Å²) in [5.41, 5.74) is 1.25. The molecule has 0 atom stereocenters. The number of pyridine rings is 1. The van der Waals surface area contributed by atoms with Gasteiger partial charge in [0.05, 0.1) is 35.3 Å². The van der Waals surface area contributed by atoms with Crippen LogP contribution >= 0.6 is 15.9 Å². The van der Waals surface area contributed by atoms with E-state index in [1.807, 2.05) is 23.1 Å². The van der Waals surface area contributed by atoms with Gasteiger partial charge >= 0.3 is 0 Å². The van der Waals surface area contributed by atoms with Gasteiger partial charge in [-0.1, -0.05) is 30.3 Å². The summed E-state index contributed by atoms with van der Waals surface area (Å²) in [6, 6.07) is 9.05. The second kappa shape index (κ2) is 8.53. The first-order valence-corrected chi connectivity index (χ1v) is 11.4.